The average molecular weight is 321 g/mol. The van der Waals surface area contributed by atoms with Crippen LogP contribution in [0.3, 0.4) is 0 Å². The van der Waals surface area contributed by atoms with E-state index in [4.69, 9.17) is 5.73 Å². The van der Waals surface area contributed by atoms with Gasteiger partial charge in [-0.05, 0) is 6.07 Å². The molecule has 2 rings (SSSR count). The van der Waals surface area contributed by atoms with Crippen molar-refractivity contribution in [3.63, 3.8) is 0 Å². The minimum absolute atomic E-state index is 0.0117. The van der Waals surface area contributed by atoms with Crippen LogP contribution in [-0.4, -0.2) is 65.8 Å². The predicted octanol–water partition coefficient (Wildman–Crippen LogP) is -0.364. The normalized spacial score (nSPS) is 15.3. The molecule has 0 atom stereocenters. The summed E-state index contributed by atoms with van der Waals surface area (Å²) in [6, 6.07) is 5.71. The van der Waals surface area contributed by atoms with Crippen molar-refractivity contribution in [3.8, 4) is 0 Å². The van der Waals surface area contributed by atoms with E-state index in [0.29, 0.717) is 32.7 Å². The molecule has 1 aromatic rings. The average Bonchev–Trinajstić information content (AvgIpc) is 2.55. The van der Waals surface area contributed by atoms with Crippen LogP contribution in [-0.2, 0) is 9.59 Å². The number of hydrogen-bond donors (Lipinski definition) is 2. The summed E-state index contributed by atoms with van der Waals surface area (Å²) in [7, 11) is 0. The number of rotatable bonds is 4. The lowest BCUT2D eigenvalue weighted by Crippen LogP contribution is -2.52. The minimum atomic E-state index is -0.869. The van der Waals surface area contributed by atoms with Crippen molar-refractivity contribution in [1.82, 2.24) is 9.80 Å². The van der Waals surface area contributed by atoms with Gasteiger partial charge in [-0.25, -0.2) is 0 Å². The lowest BCUT2D eigenvalue weighted by molar-refractivity contribution is -0.383. The van der Waals surface area contributed by atoms with Crippen LogP contribution in [0, 0.1) is 10.1 Å². The summed E-state index contributed by atoms with van der Waals surface area (Å²) >= 11 is 0. The monoisotopic (exact) mass is 321 g/mol. The van der Waals surface area contributed by atoms with Crippen LogP contribution >= 0.6 is 0 Å². The molecule has 1 aliphatic heterocycles. The topological polar surface area (TPSA) is 122 Å². The molecule has 0 aliphatic carbocycles. The van der Waals surface area contributed by atoms with E-state index in [1.54, 1.807) is 6.07 Å². The summed E-state index contributed by atoms with van der Waals surface area (Å²) in [5.41, 5.74) is 5.25. The third kappa shape index (κ3) is 4.24. The summed E-state index contributed by atoms with van der Waals surface area (Å²) in [6.07, 6.45) is 0. The maximum absolute atomic E-state index is 12.1. The Hall–Kier alpha value is -2.52. The first-order valence-corrected chi connectivity index (χ1v) is 7.29. The summed E-state index contributed by atoms with van der Waals surface area (Å²) in [5, 5.41) is 13.2. The zero-order valence-corrected chi connectivity index (χ0v) is 12.6. The molecule has 1 saturated heterocycles. The van der Waals surface area contributed by atoms with Gasteiger partial charge >= 0.3 is 11.8 Å². The summed E-state index contributed by atoms with van der Waals surface area (Å²) in [4.78, 5) is 38.1. The minimum Gasteiger partial charge on any atom is -0.332 e. The molecule has 0 saturated carbocycles. The number of para-hydroxylation sites is 2. The van der Waals surface area contributed by atoms with Crippen molar-refractivity contribution in [2.45, 2.75) is 0 Å². The molecule has 124 valence electrons. The molecular weight excluding hydrogens is 302 g/mol. The molecular formula is C14H19N5O4. The van der Waals surface area contributed by atoms with Gasteiger partial charge < -0.3 is 16.0 Å². The molecule has 0 aromatic heterocycles. The molecule has 1 fully saturated rings. The van der Waals surface area contributed by atoms with Crippen molar-refractivity contribution in [2.24, 2.45) is 5.73 Å². The number of amides is 2. The number of nitro groups is 1. The second-order valence-corrected chi connectivity index (χ2v) is 5.15. The Balaban J connectivity index is 1.96. The second-order valence-electron chi connectivity index (χ2n) is 5.15. The first-order chi connectivity index (χ1) is 11.0. The molecule has 0 unspecified atom stereocenters. The first-order valence-electron chi connectivity index (χ1n) is 7.29. The van der Waals surface area contributed by atoms with Gasteiger partial charge in [0.15, 0.2) is 0 Å². The van der Waals surface area contributed by atoms with Crippen LogP contribution in [0.1, 0.15) is 0 Å². The van der Waals surface area contributed by atoms with Crippen LogP contribution in [0.4, 0.5) is 11.4 Å². The highest BCUT2D eigenvalue weighted by atomic mass is 16.6. The Kier molecular flexibility index (Phi) is 5.61. The molecule has 2 amide bonds. The standard InChI is InChI=1S/C14H19N5O4/c15-5-6-17-7-9-18(10-8-17)14(21)13(20)16-11-3-1-2-4-12(11)19(22)23/h1-4H,5-10,15H2,(H,16,20). The second kappa shape index (κ2) is 7.65. The molecule has 23 heavy (non-hydrogen) atoms. The highest BCUT2D eigenvalue weighted by molar-refractivity contribution is 6.39. The zero-order chi connectivity index (χ0) is 16.8. The molecule has 1 heterocycles. The van der Waals surface area contributed by atoms with Crippen molar-refractivity contribution in [2.75, 3.05) is 44.6 Å². The van der Waals surface area contributed by atoms with Crippen LogP contribution in [0.15, 0.2) is 24.3 Å². The van der Waals surface area contributed by atoms with Gasteiger partial charge in [-0.2, -0.15) is 0 Å². The molecule has 0 spiro atoms. The van der Waals surface area contributed by atoms with Gasteiger partial charge in [-0.3, -0.25) is 24.6 Å². The van der Waals surface area contributed by atoms with E-state index in [0.717, 1.165) is 6.54 Å². The van der Waals surface area contributed by atoms with Crippen LogP contribution in [0.2, 0.25) is 0 Å². The molecule has 9 heteroatoms. The summed E-state index contributed by atoms with van der Waals surface area (Å²) in [5.74, 6) is -1.55. The van der Waals surface area contributed by atoms with Gasteiger partial charge in [0, 0.05) is 45.3 Å². The smallest absolute Gasteiger partial charge is 0.314 e. The van der Waals surface area contributed by atoms with Gasteiger partial charge in [0.25, 0.3) is 5.69 Å². The van der Waals surface area contributed by atoms with Gasteiger partial charge in [-0.1, -0.05) is 12.1 Å². The molecule has 1 aromatic carbocycles. The fraction of sp³-hybridized carbons (Fsp3) is 0.429. The van der Waals surface area contributed by atoms with Crippen molar-refractivity contribution < 1.29 is 14.5 Å². The number of anilines is 1. The fourth-order valence-electron chi connectivity index (χ4n) is 2.42. The van der Waals surface area contributed by atoms with E-state index in [9.17, 15) is 19.7 Å². The molecule has 0 radical (unpaired) electrons. The van der Waals surface area contributed by atoms with Crippen molar-refractivity contribution >= 4 is 23.2 Å². The number of benzene rings is 1. The molecule has 9 nitrogen and oxygen atoms in total. The van der Waals surface area contributed by atoms with Gasteiger partial charge in [0.1, 0.15) is 5.69 Å². The number of nitro benzene ring substituents is 1. The lowest BCUT2D eigenvalue weighted by atomic mass is 10.2. The highest BCUT2D eigenvalue weighted by Crippen LogP contribution is 2.23. The first kappa shape index (κ1) is 16.8. The van der Waals surface area contributed by atoms with Crippen LogP contribution in [0.25, 0.3) is 0 Å². The number of carbonyl (C=O) groups excluding carboxylic acids is 2. The van der Waals surface area contributed by atoms with Crippen molar-refractivity contribution in [3.05, 3.63) is 34.4 Å². The number of piperazine rings is 1. The van der Waals surface area contributed by atoms with E-state index >= 15 is 0 Å². The third-order valence-electron chi connectivity index (χ3n) is 3.65. The largest absolute Gasteiger partial charge is 0.332 e. The zero-order valence-electron chi connectivity index (χ0n) is 12.6. The summed E-state index contributed by atoms with van der Waals surface area (Å²) in [6.45, 7) is 3.48. The number of carbonyl (C=O) groups is 2. The van der Waals surface area contributed by atoms with Gasteiger partial charge in [0.2, 0.25) is 0 Å². The Morgan fingerprint density at radius 3 is 2.48 bits per heavy atom. The molecule has 3 N–H and O–H groups in total. The van der Waals surface area contributed by atoms with E-state index in [2.05, 4.69) is 10.2 Å². The van der Waals surface area contributed by atoms with E-state index in [1.807, 2.05) is 0 Å². The molecule has 1 aliphatic rings. The molecule has 0 bridgehead atoms. The van der Waals surface area contributed by atoms with Gasteiger partial charge in [-0.15, -0.1) is 0 Å². The number of nitrogens with two attached hydrogens (primary N) is 1. The highest BCUT2D eigenvalue weighted by Gasteiger charge is 2.27. The third-order valence-corrected chi connectivity index (χ3v) is 3.65. The van der Waals surface area contributed by atoms with Gasteiger partial charge in [0.05, 0.1) is 4.92 Å². The fourth-order valence-corrected chi connectivity index (χ4v) is 2.42. The Morgan fingerprint density at radius 2 is 1.87 bits per heavy atom. The predicted molar refractivity (Wildman–Crippen MR) is 83.8 cm³/mol. The van der Waals surface area contributed by atoms with Crippen molar-refractivity contribution in [1.29, 1.82) is 0 Å². The van der Waals surface area contributed by atoms with E-state index in [-0.39, 0.29) is 11.4 Å². The maximum Gasteiger partial charge on any atom is 0.314 e. The summed E-state index contributed by atoms with van der Waals surface area (Å²) < 4.78 is 0. The Bertz CT molecular complexity index is 599. The number of hydrogen-bond acceptors (Lipinski definition) is 6. The Labute approximate surface area is 133 Å². The lowest BCUT2D eigenvalue weighted by Gasteiger charge is -2.33. The van der Waals surface area contributed by atoms with E-state index < -0.39 is 16.7 Å². The number of nitrogens with one attached hydrogen (secondary N) is 1. The van der Waals surface area contributed by atoms with Crippen LogP contribution < -0.4 is 11.1 Å². The SMILES string of the molecule is NCCN1CCN(C(=O)C(=O)Nc2ccccc2[N+](=O)[O-])CC1. The quantitative estimate of drug-likeness (QED) is 0.443. The number of nitrogens with zero attached hydrogens (tertiary/aromatic N) is 3. The maximum atomic E-state index is 12.1. The van der Waals surface area contributed by atoms with E-state index in [1.165, 1.54) is 23.1 Å². The Morgan fingerprint density at radius 1 is 1.22 bits per heavy atom. The van der Waals surface area contributed by atoms with Crippen LogP contribution in [0.5, 0.6) is 0 Å².